The Morgan fingerprint density at radius 3 is 2.80 bits per heavy atom. The number of phenolic OH excluding ortho intramolecular Hbond substituents is 1. The van der Waals surface area contributed by atoms with Crippen molar-refractivity contribution in [1.29, 1.82) is 5.26 Å². The number of hydrogen-bond acceptors (Lipinski definition) is 5. The number of carbonyl (C=O) groups is 1. The SMILES string of the molecule is COC(=O)c1ccc(O)c(C#N)c1CN. The first-order chi connectivity index (χ1) is 7.15. The summed E-state index contributed by atoms with van der Waals surface area (Å²) in [6, 6.07) is 4.44. The maximum absolute atomic E-state index is 11.3. The summed E-state index contributed by atoms with van der Waals surface area (Å²) in [6.45, 7) is -0.0122. The summed E-state index contributed by atoms with van der Waals surface area (Å²) in [4.78, 5) is 11.3. The predicted molar refractivity (Wildman–Crippen MR) is 52.1 cm³/mol. The molecule has 3 N–H and O–H groups in total. The number of carbonyl (C=O) groups excluding carboxylic acids is 1. The van der Waals surface area contributed by atoms with E-state index in [0.717, 1.165) is 0 Å². The van der Waals surface area contributed by atoms with Crippen molar-refractivity contribution < 1.29 is 14.6 Å². The van der Waals surface area contributed by atoms with Crippen molar-refractivity contribution in [3.63, 3.8) is 0 Å². The van der Waals surface area contributed by atoms with E-state index in [-0.39, 0.29) is 23.4 Å². The summed E-state index contributed by atoms with van der Waals surface area (Å²) >= 11 is 0. The van der Waals surface area contributed by atoms with Crippen LogP contribution >= 0.6 is 0 Å². The fourth-order valence-corrected chi connectivity index (χ4v) is 1.27. The molecule has 1 aromatic rings. The third kappa shape index (κ3) is 1.90. The molecular formula is C10H10N2O3. The first-order valence-corrected chi connectivity index (χ1v) is 4.19. The first-order valence-electron chi connectivity index (χ1n) is 4.19. The van der Waals surface area contributed by atoms with Crippen LogP contribution in [0.15, 0.2) is 12.1 Å². The molecule has 0 amide bonds. The normalized spacial score (nSPS) is 9.40. The van der Waals surface area contributed by atoms with Gasteiger partial charge in [-0.15, -0.1) is 0 Å². The molecule has 5 heteroatoms. The molecule has 0 radical (unpaired) electrons. The highest BCUT2D eigenvalue weighted by Crippen LogP contribution is 2.23. The molecule has 0 aliphatic heterocycles. The molecule has 0 atom stereocenters. The van der Waals surface area contributed by atoms with Crippen LogP contribution in [-0.4, -0.2) is 18.2 Å². The Balaban J connectivity index is 3.43. The lowest BCUT2D eigenvalue weighted by molar-refractivity contribution is 0.0599. The summed E-state index contributed by atoms with van der Waals surface area (Å²) in [6.07, 6.45) is 0. The zero-order valence-electron chi connectivity index (χ0n) is 8.15. The quantitative estimate of drug-likeness (QED) is 0.687. The summed E-state index contributed by atoms with van der Waals surface area (Å²) in [5, 5.41) is 18.2. The zero-order valence-corrected chi connectivity index (χ0v) is 8.15. The molecule has 0 aromatic heterocycles. The molecule has 1 rings (SSSR count). The Labute approximate surface area is 86.7 Å². The average molecular weight is 206 g/mol. The number of ether oxygens (including phenoxy) is 1. The molecule has 0 aliphatic rings. The van der Waals surface area contributed by atoms with Gasteiger partial charge in [0.05, 0.1) is 18.2 Å². The van der Waals surface area contributed by atoms with Crippen molar-refractivity contribution in [3.8, 4) is 11.8 Å². The van der Waals surface area contributed by atoms with Crippen LogP contribution in [0.2, 0.25) is 0 Å². The van der Waals surface area contributed by atoms with Crippen LogP contribution in [0.5, 0.6) is 5.75 Å². The number of benzene rings is 1. The van der Waals surface area contributed by atoms with Gasteiger partial charge in [0.15, 0.2) is 0 Å². The topological polar surface area (TPSA) is 96.3 Å². The molecule has 0 aliphatic carbocycles. The number of esters is 1. The minimum atomic E-state index is -0.577. The monoisotopic (exact) mass is 206 g/mol. The van der Waals surface area contributed by atoms with E-state index in [1.54, 1.807) is 6.07 Å². The van der Waals surface area contributed by atoms with E-state index in [1.165, 1.54) is 19.2 Å². The van der Waals surface area contributed by atoms with Gasteiger partial charge in [0, 0.05) is 12.1 Å². The molecule has 78 valence electrons. The van der Waals surface area contributed by atoms with Crippen LogP contribution < -0.4 is 5.73 Å². The van der Waals surface area contributed by atoms with Crippen molar-refractivity contribution in [3.05, 3.63) is 28.8 Å². The van der Waals surface area contributed by atoms with E-state index < -0.39 is 5.97 Å². The fourth-order valence-electron chi connectivity index (χ4n) is 1.27. The van der Waals surface area contributed by atoms with Gasteiger partial charge >= 0.3 is 5.97 Å². The molecule has 0 bridgehead atoms. The standard InChI is InChI=1S/C10H10N2O3/c1-15-10(14)6-2-3-9(13)8(5-12)7(6)4-11/h2-3,13H,4,11H2,1H3. The summed E-state index contributed by atoms with van der Waals surface area (Å²) in [5.41, 5.74) is 5.93. The first kappa shape index (κ1) is 11.0. The van der Waals surface area contributed by atoms with Gasteiger partial charge in [-0.25, -0.2) is 4.79 Å². The van der Waals surface area contributed by atoms with Gasteiger partial charge in [0.1, 0.15) is 11.8 Å². The third-order valence-electron chi connectivity index (χ3n) is 2.01. The second kappa shape index (κ2) is 4.44. The Morgan fingerprint density at radius 1 is 1.67 bits per heavy atom. The molecule has 0 heterocycles. The van der Waals surface area contributed by atoms with E-state index >= 15 is 0 Å². The second-order valence-electron chi connectivity index (χ2n) is 2.79. The minimum absolute atomic E-state index is 0.0122. The Bertz CT molecular complexity index is 435. The average Bonchev–Trinajstić information content (AvgIpc) is 2.27. The van der Waals surface area contributed by atoms with Crippen LogP contribution in [-0.2, 0) is 11.3 Å². The van der Waals surface area contributed by atoms with E-state index in [4.69, 9.17) is 11.0 Å². The number of hydrogen-bond donors (Lipinski definition) is 2. The zero-order chi connectivity index (χ0) is 11.4. The highest BCUT2D eigenvalue weighted by atomic mass is 16.5. The van der Waals surface area contributed by atoms with Crippen LogP contribution in [0.4, 0.5) is 0 Å². The van der Waals surface area contributed by atoms with Gasteiger partial charge in [-0.2, -0.15) is 5.26 Å². The Hall–Kier alpha value is -2.06. The van der Waals surface area contributed by atoms with Crippen molar-refractivity contribution in [2.45, 2.75) is 6.54 Å². The van der Waals surface area contributed by atoms with E-state index in [0.29, 0.717) is 5.56 Å². The number of nitrogens with two attached hydrogens (primary N) is 1. The van der Waals surface area contributed by atoms with Crippen LogP contribution in [0.3, 0.4) is 0 Å². The molecule has 15 heavy (non-hydrogen) atoms. The lowest BCUT2D eigenvalue weighted by Crippen LogP contribution is -2.11. The van der Waals surface area contributed by atoms with E-state index in [1.807, 2.05) is 0 Å². The minimum Gasteiger partial charge on any atom is -0.507 e. The van der Waals surface area contributed by atoms with Crippen LogP contribution in [0.25, 0.3) is 0 Å². The third-order valence-corrected chi connectivity index (χ3v) is 2.01. The lowest BCUT2D eigenvalue weighted by Gasteiger charge is -2.08. The summed E-state index contributed by atoms with van der Waals surface area (Å²) < 4.78 is 4.53. The smallest absolute Gasteiger partial charge is 0.338 e. The number of phenols is 1. The second-order valence-corrected chi connectivity index (χ2v) is 2.79. The number of rotatable bonds is 2. The van der Waals surface area contributed by atoms with Crippen molar-refractivity contribution >= 4 is 5.97 Å². The Morgan fingerprint density at radius 2 is 2.33 bits per heavy atom. The van der Waals surface area contributed by atoms with Gasteiger partial charge in [0.25, 0.3) is 0 Å². The summed E-state index contributed by atoms with van der Waals surface area (Å²) in [7, 11) is 1.24. The summed E-state index contributed by atoms with van der Waals surface area (Å²) in [5.74, 6) is -0.766. The predicted octanol–water partition coefficient (Wildman–Crippen LogP) is 0.509. The maximum atomic E-state index is 11.3. The molecule has 0 saturated carbocycles. The van der Waals surface area contributed by atoms with Crippen molar-refractivity contribution in [2.24, 2.45) is 5.73 Å². The van der Waals surface area contributed by atoms with Gasteiger partial charge < -0.3 is 15.6 Å². The Kier molecular flexibility index (Phi) is 3.26. The molecule has 0 saturated heterocycles. The maximum Gasteiger partial charge on any atom is 0.338 e. The van der Waals surface area contributed by atoms with E-state index in [9.17, 15) is 9.90 Å². The van der Waals surface area contributed by atoms with Gasteiger partial charge in [-0.05, 0) is 12.1 Å². The molecule has 0 unspecified atom stereocenters. The number of aromatic hydroxyl groups is 1. The van der Waals surface area contributed by atoms with Crippen molar-refractivity contribution in [1.82, 2.24) is 0 Å². The lowest BCUT2D eigenvalue weighted by atomic mass is 10.0. The number of nitrogens with zero attached hydrogens (tertiary/aromatic N) is 1. The fraction of sp³-hybridized carbons (Fsp3) is 0.200. The molecule has 0 spiro atoms. The van der Waals surface area contributed by atoms with Crippen LogP contribution in [0.1, 0.15) is 21.5 Å². The van der Waals surface area contributed by atoms with Crippen molar-refractivity contribution in [2.75, 3.05) is 7.11 Å². The van der Waals surface area contributed by atoms with Gasteiger partial charge in [-0.3, -0.25) is 0 Å². The number of nitriles is 1. The number of methoxy groups -OCH3 is 1. The van der Waals surface area contributed by atoms with E-state index in [2.05, 4.69) is 4.74 Å². The van der Waals surface area contributed by atoms with Crippen LogP contribution in [0, 0.1) is 11.3 Å². The molecule has 0 fully saturated rings. The molecule has 1 aromatic carbocycles. The molecule has 5 nitrogen and oxygen atoms in total. The largest absolute Gasteiger partial charge is 0.507 e. The highest BCUT2D eigenvalue weighted by molar-refractivity contribution is 5.92. The molecular weight excluding hydrogens is 196 g/mol. The van der Waals surface area contributed by atoms with Gasteiger partial charge in [0.2, 0.25) is 0 Å². The van der Waals surface area contributed by atoms with Gasteiger partial charge in [-0.1, -0.05) is 0 Å². The highest BCUT2D eigenvalue weighted by Gasteiger charge is 2.17.